The Bertz CT molecular complexity index is 344. The molecule has 1 nitrogen and oxygen atoms in total. The molecule has 0 saturated heterocycles. The Morgan fingerprint density at radius 3 is 3.00 bits per heavy atom. The minimum atomic E-state index is -0.254. The van der Waals surface area contributed by atoms with Gasteiger partial charge in [0.05, 0.1) is 0 Å². The molecule has 0 aliphatic heterocycles. The summed E-state index contributed by atoms with van der Waals surface area (Å²) in [7, 11) is 0. The maximum atomic E-state index is 12.7. The number of hydrogen-bond donors (Lipinski definition) is 0. The first-order chi connectivity index (χ1) is 5.68. The van der Waals surface area contributed by atoms with E-state index >= 15 is 0 Å². The standard InChI is InChI=1S/C10H9FO/c1-6-4-7-5-8(11)2-3-9(7)10(6)12/h2-3,5-6H,4H2,1H3. The van der Waals surface area contributed by atoms with Gasteiger partial charge in [-0.15, -0.1) is 0 Å². The van der Waals surface area contributed by atoms with Crippen LogP contribution in [0.15, 0.2) is 18.2 Å². The van der Waals surface area contributed by atoms with Gasteiger partial charge in [-0.3, -0.25) is 4.79 Å². The number of rotatable bonds is 0. The summed E-state index contributed by atoms with van der Waals surface area (Å²) in [5.41, 5.74) is 1.55. The van der Waals surface area contributed by atoms with Crippen LogP contribution in [0.5, 0.6) is 0 Å². The fourth-order valence-electron chi connectivity index (χ4n) is 1.66. The molecule has 0 amide bonds. The van der Waals surface area contributed by atoms with Crippen LogP contribution in [0.4, 0.5) is 4.39 Å². The van der Waals surface area contributed by atoms with Crippen LogP contribution in [0.25, 0.3) is 0 Å². The predicted octanol–water partition coefficient (Wildman–Crippen LogP) is 2.20. The molecule has 0 aromatic heterocycles. The third-order valence-electron chi connectivity index (χ3n) is 2.31. The van der Waals surface area contributed by atoms with E-state index in [1.807, 2.05) is 6.92 Å². The smallest absolute Gasteiger partial charge is 0.166 e. The van der Waals surface area contributed by atoms with Crippen LogP contribution in [0, 0.1) is 11.7 Å². The number of ketones is 1. The van der Waals surface area contributed by atoms with Crippen molar-refractivity contribution in [3.05, 3.63) is 35.1 Å². The molecule has 1 unspecified atom stereocenters. The van der Waals surface area contributed by atoms with Crippen LogP contribution < -0.4 is 0 Å². The third-order valence-corrected chi connectivity index (χ3v) is 2.31. The van der Waals surface area contributed by atoms with E-state index in [4.69, 9.17) is 0 Å². The lowest BCUT2D eigenvalue weighted by Crippen LogP contribution is -2.02. The van der Waals surface area contributed by atoms with Gasteiger partial charge in [0.25, 0.3) is 0 Å². The highest BCUT2D eigenvalue weighted by atomic mass is 19.1. The van der Waals surface area contributed by atoms with Crippen LogP contribution in [0.3, 0.4) is 0 Å². The third kappa shape index (κ3) is 0.951. The molecule has 0 heterocycles. The summed E-state index contributed by atoms with van der Waals surface area (Å²) in [5, 5.41) is 0. The summed E-state index contributed by atoms with van der Waals surface area (Å²) in [6.07, 6.45) is 0.686. The number of hydrogen-bond acceptors (Lipinski definition) is 1. The number of Topliss-reactive ketones (excluding diaryl/α,β-unsaturated/α-hetero) is 1. The van der Waals surface area contributed by atoms with Gasteiger partial charge in [0.1, 0.15) is 5.82 Å². The van der Waals surface area contributed by atoms with Crippen LogP contribution in [-0.2, 0) is 6.42 Å². The van der Waals surface area contributed by atoms with Crippen molar-refractivity contribution in [3.63, 3.8) is 0 Å². The molecular formula is C10H9FO. The molecular weight excluding hydrogens is 155 g/mol. The zero-order valence-electron chi connectivity index (χ0n) is 6.80. The lowest BCUT2D eigenvalue weighted by molar-refractivity contribution is 0.0946. The van der Waals surface area contributed by atoms with Crippen LogP contribution in [0.2, 0.25) is 0 Å². The van der Waals surface area contributed by atoms with Crippen molar-refractivity contribution in [3.8, 4) is 0 Å². The van der Waals surface area contributed by atoms with E-state index < -0.39 is 0 Å². The summed E-state index contributed by atoms with van der Waals surface area (Å²) in [4.78, 5) is 11.4. The number of halogens is 1. The van der Waals surface area contributed by atoms with Gasteiger partial charge in [-0.1, -0.05) is 6.92 Å². The lowest BCUT2D eigenvalue weighted by Gasteiger charge is -1.94. The van der Waals surface area contributed by atoms with Crippen molar-refractivity contribution < 1.29 is 9.18 Å². The highest BCUT2D eigenvalue weighted by Crippen LogP contribution is 2.26. The molecule has 12 heavy (non-hydrogen) atoms. The second kappa shape index (κ2) is 2.41. The highest BCUT2D eigenvalue weighted by Gasteiger charge is 2.26. The Labute approximate surface area is 70.2 Å². The van der Waals surface area contributed by atoms with Gasteiger partial charge >= 0.3 is 0 Å². The van der Waals surface area contributed by atoms with Crippen molar-refractivity contribution >= 4 is 5.78 Å². The molecule has 1 aliphatic rings. The molecule has 62 valence electrons. The van der Waals surface area contributed by atoms with Crippen molar-refractivity contribution in [2.24, 2.45) is 5.92 Å². The topological polar surface area (TPSA) is 17.1 Å². The predicted molar refractivity (Wildman–Crippen MR) is 43.6 cm³/mol. The maximum absolute atomic E-state index is 12.7. The van der Waals surface area contributed by atoms with E-state index in [9.17, 15) is 9.18 Å². The Morgan fingerprint density at radius 1 is 1.50 bits per heavy atom. The first-order valence-corrected chi connectivity index (χ1v) is 4.01. The quantitative estimate of drug-likeness (QED) is 0.574. The first kappa shape index (κ1) is 7.47. The van der Waals surface area contributed by atoms with E-state index in [-0.39, 0.29) is 17.5 Å². The zero-order chi connectivity index (χ0) is 8.72. The minimum Gasteiger partial charge on any atom is -0.294 e. The van der Waals surface area contributed by atoms with Crippen LogP contribution >= 0.6 is 0 Å². The second-order valence-electron chi connectivity index (χ2n) is 3.27. The maximum Gasteiger partial charge on any atom is 0.166 e. The normalized spacial score (nSPS) is 21.2. The largest absolute Gasteiger partial charge is 0.294 e. The van der Waals surface area contributed by atoms with Crippen molar-refractivity contribution in [1.82, 2.24) is 0 Å². The van der Waals surface area contributed by atoms with Gasteiger partial charge in [-0.25, -0.2) is 4.39 Å². The Hall–Kier alpha value is -1.18. The fraction of sp³-hybridized carbons (Fsp3) is 0.300. The molecule has 2 heteroatoms. The molecule has 0 N–H and O–H groups in total. The number of carbonyl (C=O) groups is 1. The average Bonchev–Trinajstić information content (AvgIpc) is 2.28. The van der Waals surface area contributed by atoms with E-state index in [0.717, 1.165) is 5.56 Å². The molecule has 1 atom stereocenters. The van der Waals surface area contributed by atoms with Crippen LogP contribution in [-0.4, -0.2) is 5.78 Å². The van der Waals surface area contributed by atoms with Gasteiger partial charge in [-0.05, 0) is 30.2 Å². The molecule has 1 aliphatic carbocycles. The van der Waals surface area contributed by atoms with E-state index in [0.29, 0.717) is 12.0 Å². The van der Waals surface area contributed by atoms with Gasteiger partial charge in [0.2, 0.25) is 0 Å². The highest BCUT2D eigenvalue weighted by molar-refractivity contribution is 6.01. The first-order valence-electron chi connectivity index (χ1n) is 4.01. The molecule has 1 aromatic rings. The SMILES string of the molecule is CC1Cc2cc(F)ccc2C1=O. The molecule has 0 spiro atoms. The Kier molecular flexibility index (Phi) is 1.50. The zero-order valence-corrected chi connectivity index (χ0v) is 6.80. The number of carbonyl (C=O) groups excluding carboxylic acids is 1. The van der Waals surface area contributed by atoms with Crippen molar-refractivity contribution in [2.75, 3.05) is 0 Å². The molecule has 0 fully saturated rings. The minimum absolute atomic E-state index is 0.0294. The monoisotopic (exact) mass is 164 g/mol. The van der Waals surface area contributed by atoms with Crippen molar-refractivity contribution in [2.45, 2.75) is 13.3 Å². The van der Waals surface area contributed by atoms with Crippen molar-refractivity contribution in [1.29, 1.82) is 0 Å². The summed E-state index contributed by atoms with van der Waals surface area (Å²) in [6, 6.07) is 4.38. The summed E-state index contributed by atoms with van der Waals surface area (Å²) in [6.45, 7) is 1.88. The molecule has 0 bridgehead atoms. The molecule has 0 saturated carbocycles. The summed E-state index contributed by atoms with van der Waals surface area (Å²) in [5.74, 6) is -0.0811. The average molecular weight is 164 g/mol. The van der Waals surface area contributed by atoms with Crippen LogP contribution in [0.1, 0.15) is 22.8 Å². The van der Waals surface area contributed by atoms with E-state index in [1.54, 1.807) is 6.07 Å². The molecule has 0 radical (unpaired) electrons. The Morgan fingerprint density at radius 2 is 2.25 bits per heavy atom. The lowest BCUT2D eigenvalue weighted by atomic mass is 10.1. The molecule has 1 aromatic carbocycles. The van der Waals surface area contributed by atoms with Gasteiger partial charge in [0, 0.05) is 11.5 Å². The Balaban J connectivity index is 2.54. The summed E-state index contributed by atoms with van der Waals surface area (Å²) >= 11 is 0. The summed E-state index contributed by atoms with van der Waals surface area (Å²) < 4.78 is 12.7. The van der Waals surface area contributed by atoms with Gasteiger partial charge < -0.3 is 0 Å². The number of fused-ring (bicyclic) bond motifs is 1. The molecule has 2 rings (SSSR count). The van der Waals surface area contributed by atoms with Gasteiger partial charge in [-0.2, -0.15) is 0 Å². The fourth-order valence-corrected chi connectivity index (χ4v) is 1.66. The van der Waals surface area contributed by atoms with E-state index in [1.165, 1.54) is 12.1 Å². The number of benzene rings is 1. The van der Waals surface area contributed by atoms with Gasteiger partial charge in [0.15, 0.2) is 5.78 Å². The van der Waals surface area contributed by atoms with E-state index in [2.05, 4.69) is 0 Å². The second-order valence-corrected chi connectivity index (χ2v) is 3.27.